The van der Waals surface area contributed by atoms with Crippen molar-refractivity contribution in [3.63, 3.8) is 0 Å². The van der Waals surface area contributed by atoms with Gasteiger partial charge in [-0.05, 0) is 163 Å². The van der Waals surface area contributed by atoms with Gasteiger partial charge in [-0.2, -0.15) is 0 Å². The second kappa shape index (κ2) is 25.8. The molecule has 0 bridgehead atoms. The van der Waals surface area contributed by atoms with Gasteiger partial charge in [0.2, 0.25) is 0 Å². The summed E-state index contributed by atoms with van der Waals surface area (Å²) in [5, 5.41) is -1.77. The number of hydrogen-bond donors (Lipinski definition) is 0. The third-order valence-electron chi connectivity index (χ3n) is 14.7. The van der Waals surface area contributed by atoms with E-state index in [9.17, 15) is 26.4 Å². The molecule has 6 unspecified atom stereocenters. The van der Waals surface area contributed by atoms with E-state index in [1.807, 2.05) is 90.2 Å². The zero-order valence-corrected chi connectivity index (χ0v) is 47.0. The normalized spacial score (nSPS) is 24.9. The molecule has 2 fully saturated rings. The lowest BCUT2D eigenvalue weighted by Gasteiger charge is -2.38. The summed E-state index contributed by atoms with van der Waals surface area (Å²) in [6.07, 6.45) is 23.9. The molecule has 6 atom stereocenters. The fourth-order valence-electron chi connectivity index (χ4n) is 10.4. The fourth-order valence-corrected chi connectivity index (χ4v) is 14.0. The van der Waals surface area contributed by atoms with Gasteiger partial charge in [-0.25, -0.2) is 16.8 Å². The van der Waals surface area contributed by atoms with Crippen LogP contribution in [0.25, 0.3) is 0 Å². The Kier molecular flexibility index (Phi) is 20.4. The highest BCUT2D eigenvalue weighted by Gasteiger charge is 2.41. The first-order valence-corrected chi connectivity index (χ1v) is 29.4. The smallest absolute Gasteiger partial charge is 0.187 e. The first-order chi connectivity index (χ1) is 35.0. The van der Waals surface area contributed by atoms with E-state index in [0.29, 0.717) is 37.2 Å². The Morgan fingerprint density at radius 1 is 0.595 bits per heavy atom. The molecule has 2 aliphatic carbocycles. The zero-order valence-electron chi connectivity index (χ0n) is 45.4. The van der Waals surface area contributed by atoms with Crippen molar-refractivity contribution in [1.82, 2.24) is 0 Å². The summed E-state index contributed by atoms with van der Waals surface area (Å²) in [5.74, 6) is -0.0948. The van der Waals surface area contributed by atoms with E-state index in [-0.39, 0.29) is 57.6 Å². The molecule has 4 aliphatic rings. The number of Topliss-reactive ketones (excluding diaryl/α,β-unsaturated/α-hetero) is 2. The molecule has 2 aliphatic heterocycles. The minimum absolute atomic E-state index is 0.0474. The van der Waals surface area contributed by atoms with Gasteiger partial charge in [0.1, 0.15) is 12.2 Å². The van der Waals surface area contributed by atoms with Gasteiger partial charge in [-0.3, -0.25) is 9.59 Å². The minimum Gasteiger partial charge on any atom is -0.353 e. The lowest BCUT2D eigenvalue weighted by Crippen LogP contribution is -2.41. The van der Waals surface area contributed by atoms with E-state index < -0.39 is 42.4 Å². The summed E-state index contributed by atoms with van der Waals surface area (Å²) in [6, 6.07) is 16.9. The molecule has 2 heterocycles. The zero-order chi connectivity index (χ0) is 53.8. The van der Waals surface area contributed by atoms with Gasteiger partial charge in [0, 0.05) is 13.2 Å². The molecular formula is C62H80O10S2. The maximum atomic E-state index is 14.3. The van der Waals surface area contributed by atoms with Crippen molar-refractivity contribution in [2.75, 3.05) is 13.2 Å². The first-order valence-electron chi connectivity index (χ1n) is 26.4. The maximum Gasteiger partial charge on any atom is 0.187 e. The summed E-state index contributed by atoms with van der Waals surface area (Å²) in [6.45, 7) is 20.9. The Hall–Kier alpha value is -4.82. The van der Waals surface area contributed by atoms with Gasteiger partial charge in [-0.15, -0.1) is 0 Å². The predicted octanol–water partition coefficient (Wildman–Crippen LogP) is 13.4. The third kappa shape index (κ3) is 15.4. The monoisotopic (exact) mass is 1050 g/mol. The molecule has 0 spiro atoms. The van der Waals surface area contributed by atoms with E-state index in [1.165, 1.54) is 0 Å². The molecule has 74 heavy (non-hydrogen) atoms. The molecule has 2 aromatic carbocycles. The van der Waals surface area contributed by atoms with Crippen LogP contribution in [0, 0.1) is 10.8 Å². The first kappa shape index (κ1) is 58.4. The topological polar surface area (TPSA) is 139 Å². The molecule has 12 heteroatoms. The molecule has 6 rings (SSSR count). The van der Waals surface area contributed by atoms with Crippen LogP contribution in [0.4, 0.5) is 0 Å². The molecule has 0 N–H and O–H groups in total. The Labute approximate surface area is 443 Å². The molecule has 2 saturated heterocycles. The van der Waals surface area contributed by atoms with Crippen LogP contribution in [0.2, 0.25) is 0 Å². The minimum atomic E-state index is -3.81. The molecule has 0 aromatic heterocycles. The molecule has 0 amide bonds. The largest absolute Gasteiger partial charge is 0.353 e. The van der Waals surface area contributed by atoms with Crippen LogP contribution in [0.5, 0.6) is 0 Å². The molecule has 10 nitrogen and oxygen atoms in total. The van der Waals surface area contributed by atoms with Crippen LogP contribution < -0.4 is 0 Å². The quantitative estimate of drug-likeness (QED) is 0.118. The highest BCUT2D eigenvalue weighted by Crippen LogP contribution is 2.43. The number of carbonyl (C=O) groups is 2. The van der Waals surface area contributed by atoms with E-state index in [0.717, 1.165) is 72.0 Å². The van der Waals surface area contributed by atoms with Crippen LogP contribution in [0.1, 0.15) is 133 Å². The molecule has 400 valence electrons. The Morgan fingerprint density at radius 3 is 1.30 bits per heavy atom. The average Bonchev–Trinajstić information content (AvgIpc) is 3.36. The van der Waals surface area contributed by atoms with Crippen molar-refractivity contribution in [2.45, 2.75) is 179 Å². The Bertz CT molecular complexity index is 2630. The molecule has 2 aromatic rings. The van der Waals surface area contributed by atoms with Crippen LogP contribution in [-0.4, -0.2) is 76.9 Å². The number of benzene rings is 2. The molecule has 0 radical (unpaired) electrons. The summed E-state index contributed by atoms with van der Waals surface area (Å²) in [4.78, 5) is 27.6. The van der Waals surface area contributed by atoms with Crippen LogP contribution >= 0.6 is 0 Å². The summed E-state index contributed by atoms with van der Waals surface area (Å²) in [7, 11) is -7.62. The third-order valence-corrected chi connectivity index (χ3v) is 18.7. The number of ketones is 2. The van der Waals surface area contributed by atoms with Crippen molar-refractivity contribution in [1.29, 1.82) is 0 Å². The SMILES string of the molecule is CC1=C(/C=C/C(C)=C/C(C/C(C)=C/C=C/C=C(\C)CC(/C=C(C)/C=C/C2=C(C)C(=O)C(OC3CCCCO3)CC2(C)C)S(=O)(=O)c2ccccc2)S(=O)(=O)c2ccccc2)C(C)(C)CC(OC2CCCCO2)C1=O. The summed E-state index contributed by atoms with van der Waals surface area (Å²) >= 11 is 0. The highest BCUT2D eigenvalue weighted by atomic mass is 32.2. The second-order valence-corrected chi connectivity index (χ2v) is 26.3. The summed E-state index contributed by atoms with van der Waals surface area (Å²) < 4.78 is 81.0. The fraction of sp³-hybridized carbons (Fsp3) is 0.484. The lowest BCUT2D eigenvalue weighted by atomic mass is 9.71. The van der Waals surface area contributed by atoms with Crippen LogP contribution in [0.15, 0.2) is 176 Å². The van der Waals surface area contributed by atoms with Crippen molar-refractivity contribution in [2.24, 2.45) is 10.8 Å². The Balaban J connectivity index is 1.19. The number of rotatable bonds is 20. The van der Waals surface area contributed by atoms with E-state index >= 15 is 0 Å². The maximum absolute atomic E-state index is 14.3. The Morgan fingerprint density at radius 2 is 0.959 bits per heavy atom. The van der Waals surface area contributed by atoms with Crippen molar-refractivity contribution < 1.29 is 45.4 Å². The van der Waals surface area contributed by atoms with Gasteiger partial charge in [-0.1, -0.05) is 147 Å². The number of sulfone groups is 2. The summed E-state index contributed by atoms with van der Waals surface area (Å²) in [5.41, 5.74) is 5.49. The van der Waals surface area contributed by atoms with Gasteiger partial charge in [0.05, 0.1) is 20.3 Å². The van der Waals surface area contributed by atoms with E-state index in [4.69, 9.17) is 18.9 Å². The highest BCUT2D eigenvalue weighted by molar-refractivity contribution is 7.92. The van der Waals surface area contributed by atoms with Crippen LogP contribution in [-0.2, 0) is 48.2 Å². The van der Waals surface area contributed by atoms with E-state index in [1.54, 1.807) is 72.8 Å². The number of carbonyl (C=O) groups excluding carboxylic acids is 2. The lowest BCUT2D eigenvalue weighted by molar-refractivity contribution is -0.194. The van der Waals surface area contributed by atoms with Gasteiger partial charge in [0.25, 0.3) is 0 Å². The molecule has 0 saturated carbocycles. The van der Waals surface area contributed by atoms with Crippen molar-refractivity contribution in [3.8, 4) is 0 Å². The van der Waals surface area contributed by atoms with Crippen molar-refractivity contribution in [3.05, 3.63) is 166 Å². The predicted molar refractivity (Wildman–Crippen MR) is 296 cm³/mol. The molecular weight excluding hydrogens is 969 g/mol. The number of allylic oxidation sites excluding steroid dienone is 14. The van der Waals surface area contributed by atoms with Crippen LogP contribution in [0.3, 0.4) is 0 Å². The number of hydrogen-bond acceptors (Lipinski definition) is 10. The van der Waals surface area contributed by atoms with Gasteiger partial charge < -0.3 is 18.9 Å². The van der Waals surface area contributed by atoms with Gasteiger partial charge in [0.15, 0.2) is 43.8 Å². The number of ether oxygens (including phenoxy) is 4. The standard InChI is InChI=1S/C62H80O10S2/c1-43(37-51(73(65,66)49-25-13-11-14-26-49)39-45(3)31-33-53-47(5)59(63)55(41-61(53,7)8)71-57-29-19-21-35-69-57)23-17-18-24-44(2)38-52(74(67,68)50-27-15-12-16-28-50)40-46(4)32-34-54-48(6)60(64)56(42-62(54,9)10)72-58-30-20-22-36-70-58/h11-18,23-28,31-34,39-40,51-52,55-58H,19-22,29-30,35-38,41-42H2,1-10H3/b18-17+,33-31+,34-32+,43-23+,44-24+,45-39+,46-40+. The van der Waals surface area contributed by atoms with Crippen molar-refractivity contribution >= 4 is 31.2 Å². The van der Waals surface area contributed by atoms with E-state index in [2.05, 4.69) is 27.7 Å². The van der Waals surface area contributed by atoms with Gasteiger partial charge >= 0.3 is 0 Å². The average molecular weight is 1050 g/mol. The second-order valence-electron chi connectivity index (χ2n) is 21.9.